The summed E-state index contributed by atoms with van der Waals surface area (Å²) in [5, 5.41) is 0.762. The van der Waals surface area contributed by atoms with Crippen LogP contribution in [-0.4, -0.2) is 30.0 Å². The fourth-order valence-corrected chi connectivity index (χ4v) is 3.26. The Hall–Kier alpha value is -2.36. The molecule has 0 bridgehead atoms. The predicted octanol–water partition coefficient (Wildman–Crippen LogP) is 4.85. The molecule has 4 N–H and O–H groups in total. The van der Waals surface area contributed by atoms with Gasteiger partial charge in [-0.2, -0.15) is 18.2 Å². The first-order valence-corrected chi connectivity index (χ1v) is 9.60. The van der Waals surface area contributed by atoms with Crippen LogP contribution in [0.15, 0.2) is 52.4 Å². The van der Waals surface area contributed by atoms with E-state index in [9.17, 15) is 13.2 Å². The third-order valence-corrected chi connectivity index (χ3v) is 5.06. The van der Waals surface area contributed by atoms with E-state index in [1.165, 1.54) is 23.1 Å². The van der Waals surface area contributed by atoms with Crippen LogP contribution in [0, 0.1) is 0 Å². The molecule has 0 amide bonds. The zero-order valence-electron chi connectivity index (χ0n) is 15.9. The Morgan fingerprint density at radius 3 is 2.45 bits per heavy atom. The number of nitrogens with two attached hydrogens (primary N) is 2. The predicted molar refractivity (Wildman–Crippen MR) is 118 cm³/mol. The molecule has 1 heterocycles. The van der Waals surface area contributed by atoms with Crippen molar-refractivity contribution in [3.8, 4) is 5.75 Å². The zero-order chi connectivity index (χ0) is 21.9. The molecule has 6 nitrogen and oxygen atoms in total. The highest BCUT2D eigenvalue weighted by molar-refractivity contribution is 6.42. The molecule has 2 aromatic carbocycles. The Morgan fingerprint density at radius 1 is 1.06 bits per heavy atom. The Labute approximate surface area is 193 Å². The molecule has 1 atom stereocenters. The van der Waals surface area contributed by atoms with E-state index in [-0.39, 0.29) is 43.0 Å². The first-order chi connectivity index (χ1) is 14.2. The van der Waals surface area contributed by atoms with E-state index in [0.717, 1.165) is 6.07 Å². The monoisotopic (exact) mass is 495 g/mol. The summed E-state index contributed by atoms with van der Waals surface area (Å²) in [6.07, 6.45) is -5.17. The normalized spacial score (nSPS) is 16.3. The Bertz CT molecular complexity index is 985. The van der Waals surface area contributed by atoms with Crippen molar-refractivity contribution >= 4 is 47.5 Å². The van der Waals surface area contributed by atoms with Crippen molar-refractivity contribution in [3.63, 3.8) is 0 Å². The largest absolute Gasteiger partial charge is 0.493 e. The van der Waals surface area contributed by atoms with Gasteiger partial charge in [0.1, 0.15) is 5.75 Å². The number of aliphatic imine (C=N–C) groups is 2. The average Bonchev–Trinajstić information content (AvgIpc) is 2.68. The maximum Gasteiger partial charge on any atom is 0.416 e. The smallest absolute Gasteiger partial charge is 0.416 e. The number of benzene rings is 2. The minimum Gasteiger partial charge on any atom is -0.493 e. The molecular formula is C19H19Cl3F3N5O. The molecule has 0 aliphatic carbocycles. The van der Waals surface area contributed by atoms with E-state index in [4.69, 9.17) is 39.4 Å². The van der Waals surface area contributed by atoms with Gasteiger partial charge in [-0.15, -0.1) is 12.4 Å². The van der Waals surface area contributed by atoms with Gasteiger partial charge in [0.05, 0.1) is 22.2 Å². The lowest BCUT2D eigenvalue weighted by Gasteiger charge is -2.33. The highest BCUT2D eigenvalue weighted by atomic mass is 35.5. The van der Waals surface area contributed by atoms with Gasteiger partial charge < -0.3 is 21.1 Å². The van der Waals surface area contributed by atoms with Crippen molar-refractivity contribution in [2.24, 2.45) is 21.5 Å². The summed E-state index contributed by atoms with van der Waals surface area (Å²) >= 11 is 11.8. The molecule has 0 radical (unpaired) electrons. The van der Waals surface area contributed by atoms with E-state index < -0.39 is 17.9 Å². The van der Waals surface area contributed by atoms with Crippen LogP contribution in [0.5, 0.6) is 5.75 Å². The van der Waals surface area contributed by atoms with Crippen molar-refractivity contribution in [1.29, 1.82) is 0 Å². The fourth-order valence-electron chi connectivity index (χ4n) is 2.98. The van der Waals surface area contributed by atoms with E-state index in [0.29, 0.717) is 22.2 Å². The molecule has 1 aliphatic rings. The molecule has 0 saturated heterocycles. The van der Waals surface area contributed by atoms with Crippen molar-refractivity contribution in [1.82, 2.24) is 4.90 Å². The second kappa shape index (κ2) is 10.3. The summed E-state index contributed by atoms with van der Waals surface area (Å²) in [4.78, 5) is 9.44. The van der Waals surface area contributed by atoms with E-state index in [2.05, 4.69) is 9.98 Å². The van der Waals surface area contributed by atoms with Crippen LogP contribution in [-0.2, 0) is 6.18 Å². The first-order valence-electron chi connectivity index (χ1n) is 8.85. The van der Waals surface area contributed by atoms with Gasteiger partial charge in [0.25, 0.3) is 0 Å². The minimum absolute atomic E-state index is 0. The van der Waals surface area contributed by atoms with Gasteiger partial charge in [0.2, 0.25) is 11.9 Å². The lowest BCUT2D eigenvalue weighted by atomic mass is 10.0. The van der Waals surface area contributed by atoms with Gasteiger partial charge >= 0.3 is 6.18 Å². The maximum atomic E-state index is 13.5. The molecule has 1 aliphatic heterocycles. The summed E-state index contributed by atoms with van der Waals surface area (Å²) in [5.74, 6) is 0.322. The molecule has 3 rings (SSSR count). The van der Waals surface area contributed by atoms with Crippen LogP contribution in [0.2, 0.25) is 10.0 Å². The number of hydrogen-bond acceptors (Lipinski definition) is 6. The molecule has 1 unspecified atom stereocenters. The van der Waals surface area contributed by atoms with Crippen LogP contribution in [0.25, 0.3) is 0 Å². The molecule has 2 aromatic rings. The lowest BCUT2D eigenvalue weighted by Crippen LogP contribution is -2.45. The number of halogens is 6. The van der Waals surface area contributed by atoms with Crippen LogP contribution in [0.1, 0.15) is 23.7 Å². The average molecular weight is 497 g/mol. The van der Waals surface area contributed by atoms with Crippen LogP contribution in [0.4, 0.5) is 13.2 Å². The van der Waals surface area contributed by atoms with Crippen molar-refractivity contribution in [2.45, 2.75) is 18.8 Å². The molecule has 0 saturated carbocycles. The highest BCUT2D eigenvalue weighted by Crippen LogP contribution is 2.37. The van der Waals surface area contributed by atoms with Gasteiger partial charge in [0.15, 0.2) is 6.17 Å². The number of nitrogens with zero attached hydrogens (tertiary/aromatic N) is 3. The SMILES string of the molecule is Cl.NC1=NC(c2ccccc2C(F)(F)F)N(CCCOc2ccc(Cl)c(Cl)c2)C(N)=N1. The Morgan fingerprint density at radius 2 is 1.77 bits per heavy atom. The second-order valence-corrected chi connectivity index (χ2v) is 7.20. The number of alkyl halides is 3. The summed E-state index contributed by atoms with van der Waals surface area (Å²) in [6, 6.07) is 10.0. The first kappa shape index (κ1) is 24.9. The lowest BCUT2D eigenvalue weighted by molar-refractivity contribution is -0.138. The van der Waals surface area contributed by atoms with Gasteiger partial charge in [-0.05, 0) is 24.6 Å². The fraction of sp³-hybridized carbons (Fsp3) is 0.263. The number of rotatable bonds is 6. The van der Waals surface area contributed by atoms with E-state index >= 15 is 0 Å². The summed E-state index contributed by atoms with van der Waals surface area (Å²) in [6.45, 7) is 0.499. The molecule has 12 heteroatoms. The number of ether oxygens (including phenoxy) is 1. The molecule has 31 heavy (non-hydrogen) atoms. The van der Waals surface area contributed by atoms with Gasteiger partial charge in [-0.25, -0.2) is 4.99 Å². The molecule has 0 spiro atoms. The third kappa shape index (κ3) is 6.09. The number of hydrogen-bond donors (Lipinski definition) is 2. The van der Waals surface area contributed by atoms with Gasteiger partial charge in [-0.3, -0.25) is 0 Å². The van der Waals surface area contributed by atoms with E-state index in [1.807, 2.05) is 0 Å². The topological polar surface area (TPSA) is 89.2 Å². The Balaban J connectivity index is 0.00000341. The quantitative estimate of drug-likeness (QED) is 0.560. The summed E-state index contributed by atoms with van der Waals surface area (Å²) in [5.41, 5.74) is 10.7. The van der Waals surface area contributed by atoms with Crippen molar-refractivity contribution in [3.05, 3.63) is 63.6 Å². The van der Waals surface area contributed by atoms with E-state index in [1.54, 1.807) is 18.2 Å². The van der Waals surface area contributed by atoms with Crippen LogP contribution < -0.4 is 16.2 Å². The summed E-state index contributed by atoms with van der Waals surface area (Å²) in [7, 11) is 0. The van der Waals surface area contributed by atoms with Gasteiger partial charge in [-0.1, -0.05) is 41.4 Å². The number of guanidine groups is 2. The van der Waals surface area contributed by atoms with Crippen LogP contribution >= 0.6 is 35.6 Å². The Kier molecular flexibility index (Phi) is 8.27. The van der Waals surface area contributed by atoms with Crippen molar-refractivity contribution in [2.75, 3.05) is 13.2 Å². The second-order valence-electron chi connectivity index (χ2n) is 6.39. The summed E-state index contributed by atoms with van der Waals surface area (Å²) < 4.78 is 46.1. The van der Waals surface area contributed by atoms with Crippen molar-refractivity contribution < 1.29 is 17.9 Å². The maximum absolute atomic E-state index is 13.5. The van der Waals surface area contributed by atoms with Crippen LogP contribution in [0.3, 0.4) is 0 Å². The third-order valence-electron chi connectivity index (χ3n) is 4.32. The molecule has 0 fully saturated rings. The molecule has 168 valence electrons. The van der Waals surface area contributed by atoms with Gasteiger partial charge in [0, 0.05) is 18.2 Å². The molecular weight excluding hydrogens is 478 g/mol. The minimum atomic E-state index is -4.55. The zero-order valence-corrected chi connectivity index (χ0v) is 18.3. The standard InChI is InChI=1S/C19H18Cl2F3N5O.ClH/c20-14-7-6-11(10-15(14)21)30-9-3-8-29-16(27-17(25)28-18(29)26)12-4-1-2-5-13(12)19(22,23)24;/h1-2,4-7,10,16H,3,8-9H2,(H4,25,26,27,28);1H. The highest BCUT2D eigenvalue weighted by Gasteiger charge is 2.37. The molecule has 0 aromatic heterocycles.